The first kappa shape index (κ1) is 15.2. The van der Waals surface area contributed by atoms with E-state index in [1.807, 2.05) is 18.2 Å². The van der Waals surface area contributed by atoms with Crippen molar-refractivity contribution in [2.45, 2.75) is 0 Å². The third-order valence-corrected chi connectivity index (χ3v) is 2.75. The Bertz CT molecular complexity index is 772. The van der Waals surface area contributed by atoms with Gasteiger partial charge in [0.25, 0.3) is 0 Å². The van der Waals surface area contributed by atoms with Gasteiger partial charge in [-0.25, -0.2) is 9.97 Å². The molecule has 0 spiro atoms. The van der Waals surface area contributed by atoms with Crippen molar-refractivity contribution in [1.29, 1.82) is 0 Å². The zero-order valence-corrected chi connectivity index (χ0v) is 12.4. The zero-order chi connectivity index (χ0) is 16.5. The maximum atomic E-state index is 4.15. The monoisotopic (exact) mass is 317 g/mol. The molecule has 9 nitrogen and oxygen atoms in total. The van der Waals surface area contributed by atoms with E-state index in [0.717, 1.165) is 0 Å². The molecule has 4 rings (SSSR count). The predicted molar refractivity (Wildman–Crippen MR) is 83.9 cm³/mol. The van der Waals surface area contributed by atoms with Crippen molar-refractivity contribution >= 4 is 0 Å². The second-order valence-corrected chi connectivity index (χ2v) is 4.29. The van der Waals surface area contributed by atoms with Gasteiger partial charge in [0.05, 0.1) is 17.5 Å². The number of rotatable bonds is 2. The Morgan fingerprint density at radius 3 is 2.00 bits per heavy atom. The van der Waals surface area contributed by atoms with Crippen molar-refractivity contribution in [2.75, 3.05) is 0 Å². The van der Waals surface area contributed by atoms with Crippen molar-refractivity contribution in [3.63, 3.8) is 0 Å². The molecule has 4 aromatic rings. The molecule has 0 fully saturated rings. The van der Waals surface area contributed by atoms with Gasteiger partial charge >= 0.3 is 0 Å². The second-order valence-electron chi connectivity index (χ2n) is 4.29. The summed E-state index contributed by atoms with van der Waals surface area (Å²) in [5.74, 6) is 0.480. The highest BCUT2D eigenvalue weighted by atomic mass is 15.3. The smallest absolute Gasteiger partial charge is 0.180 e. The van der Waals surface area contributed by atoms with Gasteiger partial charge in [0, 0.05) is 31.0 Å². The highest BCUT2D eigenvalue weighted by Gasteiger charge is 2.13. The van der Waals surface area contributed by atoms with Gasteiger partial charge in [0.2, 0.25) is 0 Å². The van der Waals surface area contributed by atoms with Crippen LogP contribution in [0.25, 0.3) is 22.8 Å². The molecule has 0 N–H and O–H groups in total. The Hall–Kier alpha value is -3.75. The van der Waals surface area contributed by atoms with Crippen LogP contribution in [0, 0.1) is 0 Å². The quantitative estimate of drug-likeness (QED) is 0.538. The molecular weight excluding hydrogens is 306 g/mol. The van der Waals surface area contributed by atoms with Gasteiger partial charge in [-0.2, -0.15) is 20.4 Å². The van der Waals surface area contributed by atoms with Crippen molar-refractivity contribution in [3.05, 3.63) is 67.5 Å². The Morgan fingerprint density at radius 2 is 1.38 bits per heavy atom. The van der Waals surface area contributed by atoms with Gasteiger partial charge in [-0.15, -0.1) is 10.2 Å². The Balaban J connectivity index is 0.000000238. The van der Waals surface area contributed by atoms with Gasteiger partial charge in [-0.3, -0.25) is 0 Å². The van der Waals surface area contributed by atoms with Crippen LogP contribution in [0.4, 0.5) is 0 Å². The fraction of sp³-hybridized carbons (Fsp3) is 0. The van der Waals surface area contributed by atoms with E-state index < -0.39 is 0 Å². The fourth-order valence-electron chi connectivity index (χ4n) is 1.74. The molecule has 116 valence electrons. The molecule has 0 aliphatic heterocycles. The van der Waals surface area contributed by atoms with Gasteiger partial charge < -0.3 is 0 Å². The van der Waals surface area contributed by atoms with Crippen LogP contribution in [-0.4, -0.2) is 45.8 Å². The summed E-state index contributed by atoms with van der Waals surface area (Å²) in [5, 5.41) is 26.3. The molecule has 4 aromatic heterocycles. The minimum atomic E-state index is 0.480. The van der Waals surface area contributed by atoms with Gasteiger partial charge in [0.15, 0.2) is 5.82 Å². The van der Waals surface area contributed by atoms with Gasteiger partial charge in [-0.05, 0) is 35.5 Å². The van der Waals surface area contributed by atoms with Crippen molar-refractivity contribution in [2.24, 2.45) is 0 Å². The van der Waals surface area contributed by atoms with E-state index >= 15 is 0 Å². The molecular formula is C15H11N9. The fourth-order valence-corrected chi connectivity index (χ4v) is 1.74. The van der Waals surface area contributed by atoms with E-state index in [0.29, 0.717) is 22.8 Å². The van der Waals surface area contributed by atoms with E-state index in [2.05, 4.69) is 45.8 Å². The molecule has 9 heteroatoms. The Labute approximate surface area is 136 Å². The lowest BCUT2D eigenvalue weighted by Gasteiger charge is -2.03. The molecule has 0 unspecified atom stereocenters. The number of hydrogen-bond acceptors (Lipinski definition) is 9. The third kappa shape index (κ3) is 3.91. The first-order valence-electron chi connectivity index (χ1n) is 6.90. The van der Waals surface area contributed by atoms with Crippen LogP contribution in [0.3, 0.4) is 0 Å². The average Bonchev–Trinajstić information content (AvgIpc) is 2.71. The maximum Gasteiger partial charge on any atom is 0.180 e. The minimum absolute atomic E-state index is 0.480. The Kier molecular flexibility index (Phi) is 5.07. The van der Waals surface area contributed by atoms with Gasteiger partial charge in [0.1, 0.15) is 5.69 Å². The molecule has 0 aromatic carbocycles. The molecule has 4 heterocycles. The third-order valence-electron chi connectivity index (χ3n) is 2.75. The first-order chi connectivity index (χ1) is 11.9. The topological polar surface area (TPSA) is 116 Å². The van der Waals surface area contributed by atoms with Crippen LogP contribution >= 0.6 is 0 Å². The normalized spacial score (nSPS) is 9.67. The largest absolute Gasteiger partial charge is 0.235 e. The van der Waals surface area contributed by atoms with Crippen LogP contribution in [0.5, 0.6) is 0 Å². The molecule has 0 saturated carbocycles. The van der Waals surface area contributed by atoms with Crippen molar-refractivity contribution < 1.29 is 0 Å². The summed E-state index contributed by atoms with van der Waals surface area (Å²) in [6, 6.07) is 9.00. The number of aromatic nitrogens is 9. The number of hydrogen-bond donors (Lipinski definition) is 0. The van der Waals surface area contributed by atoms with E-state index in [1.165, 1.54) is 0 Å². The minimum Gasteiger partial charge on any atom is -0.235 e. The number of nitrogens with zero attached hydrogens (tertiary/aromatic N) is 9. The SMILES string of the molecule is c1ccnnc1.c1cnc(-c2nnncc2-c2cccnn2)nc1. The van der Waals surface area contributed by atoms with Crippen LogP contribution in [0.1, 0.15) is 0 Å². The zero-order valence-electron chi connectivity index (χ0n) is 12.4. The van der Waals surface area contributed by atoms with Gasteiger partial charge in [-0.1, -0.05) is 0 Å². The summed E-state index contributed by atoms with van der Waals surface area (Å²) in [6.07, 6.45) is 9.74. The highest BCUT2D eigenvalue weighted by molar-refractivity contribution is 5.73. The van der Waals surface area contributed by atoms with Crippen LogP contribution in [0.2, 0.25) is 0 Å². The van der Waals surface area contributed by atoms with Crippen molar-refractivity contribution in [3.8, 4) is 22.8 Å². The van der Waals surface area contributed by atoms with E-state index in [9.17, 15) is 0 Å². The Morgan fingerprint density at radius 1 is 0.625 bits per heavy atom. The van der Waals surface area contributed by atoms with Crippen molar-refractivity contribution in [1.82, 2.24) is 45.8 Å². The molecule has 24 heavy (non-hydrogen) atoms. The second kappa shape index (κ2) is 8.03. The maximum absolute atomic E-state index is 4.15. The summed E-state index contributed by atoms with van der Waals surface area (Å²) >= 11 is 0. The lowest BCUT2D eigenvalue weighted by Crippen LogP contribution is -1.99. The molecule has 0 saturated heterocycles. The first-order valence-corrected chi connectivity index (χ1v) is 6.90. The molecule has 0 atom stereocenters. The summed E-state index contributed by atoms with van der Waals surface area (Å²) < 4.78 is 0. The van der Waals surface area contributed by atoms with E-state index in [1.54, 1.807) is 49.3 Å². The van der Waals surface area contributed by atoms with E-state index in [4.69, 9.17) is 0 Å². The molecule has 0 aliphatic carbocycles. The summed E-state index contributed by atoms with van der Waals surface area (Å²) in [5.41, 5.74) is 1.89. The van der Waals surface area contributed by atoms with Crippen LogP contribution in [0.15, 0.2) is 67.5 Å². The summed E-state index contributed by atoms with van der Waals surface area (Å²) in [6.45, 7) is 0. The summed E-state index contributed by atoms with van der Waals surface area (Å²) in [7, 11) is 0. The summed E-state index contributed by atoms with van der Waals surface area (Å²) in [4.78, 5) is 8.29. The average molecular weight is 317 g/mol. The lowest BCUT2D eigenvalue weighted by atomic mass is 10.1. The van der Waals surface area contributed by atoms with Crippen LogP contribution in [-0.2, 0) is 0 Å². The molecule has 0 radical (unpaired) electrons. The standard InChI is InChI=1S/C11H7N7.C4H4N2/c1-3-9(16-14-6-1)8-7-15-18-17-10(8)11-12-4-2-5-13-11;1-2-4-6-5-3-1/h1-7H;1-4H. The van der Waals surface area contributed by atoms with Crippen LogP contribution < -0.4 is 0 Å². The molecule has 0 amide bonds. The molecule has 0 bridgehead atoms. The van der Waals surface area contributed by atoms with E-state index in [-0.39, 0.29) is 0 Å². The molecule has 0 aliphatic rings. The highest BCUT2D eigenvalue weighted by Crippen LogP contribution is 2.23. The predicted octanol–water partition coefficient (Wildman–Crippen LogP) is 1.26. The lowest BCUT2D eigenvalue weighted by molar-refractivity contribution is 0.863.